The molecule has 0 aliphatic heterocycles. The molecule has 3 heteroatoms. The number of amides is 1. The van der Waals surface area contributed by atoms with Crippen LogP contribution >= 0.6 is 0 Å². The van der Waals surface area contributed by atoms with Crippen LogP contribution in [0.4, 0.5) is 0 Å². The molecule has 1 fully saturated rings. The van der Waals surface area contributed by atoms with Crippen molar-refractivity contribution in [2.75, 3.05) is 6.54 Å². The number of nitrogens with one attached hydrogen (secondary N) is 1. The van der Waals surface area contributed by atoms with Crippen LogP contribution in [-0.2, 0) is 4.79 Å². The minimum absolute atomic E-state index is 0.0219. The maximum atomic E-state index is 11.8. The molecule has 1 aliphatic rings. The summed E-state index contributed by atoms with van der Waals surface area (Å²) in [6.07, 6.45) is 6.34. The molecule has 0 aromatic carbocycles. The Balaban J connectivity index is 2.21. The van der Waals surface area contributed by atoms with E-state index in [1.165, 1.54) is 25.7 Å². The molecule has 0 spiro atoms. The molecular weight excluding hydrogens is 224 g/mol. The van der Waals surface area contributed by atoms with E-state index in [9.17, 15) is 4.79 Å². The van der Waals surface area contributed by atoms with Gasteiger partial charge in [0, 0.05) is 19.0 Å². The maximum absolute atomic E-state index is 11.8. The summed E-state index contributed by atoms with van der Waals surface area (Å²) in [7, 11) is 0. The molecule has 1 rings (SSSR count). The molecule has 3 nitrogen and oxygen atoms in total. The summed E-state index contributed by atoms with van der Waals surface area (Å²) < 4.78 is 0. The van der Waals surface area contributed by atoms with E-state index in [2.05, 4.69) is 33.0 Å². The highest BCUT2D eigenvalue weighted by Crippen LogP contribution is 2.48. The molecule has 1 amide bonds. The Labute approximate surface area is 112 Å². The lowest BCUT2D eigenvalue weighted by Gasteiger charge is -2.23. The summed E-state index contributed by atoms with van der Waals surface area (Å²) >= 11 is 0. The highest BCUT2D eigenvalue weighted by molar-refractivity contribution is 5.76. The van der Waals surface area contributed by atoms with Gasteiger partial charge in [-0.1, -0.05) is 34.1 Å². The lowest BCUT2D eigenvalue weighted by Crippen LogP contribution is -2.36. The largest absolute Gasteiger partial charge is 0.355 e. The second kappa shape index (κ2) is 6.05. The van der Waals surface area contributed by atoms with Crippen LogP contribution in [0.2, 0.25) is 0 Å². The standard InChI is InChI=1S/C15H30N2O/c1-5-6-15(7-8-15)11-17-13(18)9-12(16)10-14(2,3)4/h12H,5-11,16H2,1-4H3,(H,17,18). The van der Waals surface area contributed by atoms with Crippen LogP contribution in [0.25, 0.3) is 0 Å². The van der Waals surface area contributed by atoms with Gasteiger partial charge in [0.2, 0.25) is 5.91 Å². The Bertz CT molecular complexity index is 277. The van der Waals surface area contributed by atoms with Crippen LogP contribution in [0.1, 0.15) is 66.2 Å². The van der Waals surface area contributed by atoms with Gasteiger partial charge >= 0.3 is 0 Å². The summed E-state index contributed by atoms with van der Waals surface area (Å²) in [6.45, 7) is 9.53. The molecule has 18 heavy (non-hydrogen) atoms. The van der Waals surface area contributed by atoms with Gasteiger partial charge in [0.15, 0.2) is 0 Å². The molecule has 1 atom stereocenters. The number of carbonyl (C=O) groups is 1. The maximum Gasteiger partial charge on any atom is 0.221 e. The van der Waals surface area contributed by atoms with E-state index in [1.54, 1.807) is 0 Å². The van der Waals surface area contributed by atoms with Crippen molar-refractivity contribution in [3.63, 3.8) is 0 Å². The van der Waals surface area contributed by atoms with E-state index in [0.29, 0.717) is 11.8 Å². The summed E-state index contributed by atoms with van der Waals surface area (Å²) in [5, 5.41) is 3.07. The van der Waals surface area contributed by atoms with Gasteiger partial charge in [-0.3, -0.25) is 4.79 Å². The zero-order valence-corrected chi connectivity index (χ0v) is 12.5. The molecule has 0 bridgehead atoms. The topological polar surface area (TPSA) is 55.1 Å². The molecule has 0 aromatic heterocycles. The van der Waals surface area contributed by atoms with Crippen molar-refractivity contribution in [2.24, 2.45) is 16.6 Å². The minimum Gasteiger partial charge on any atom is -0.355 e. The number of hydrogen-bond acceptors (Lipinski definition) is 2. The van der Waals surface area contributed by atoms with Crippen molar-refractivity contribution in [1.82, 2.24) is 5.32 Å². The molecule has 1 unspecified atom stereocenters. The van der Waals surface area contributed by atoms with Crippen molar-refractivity contribution in [2.45, 2.75) is 72.3 Å². The molecule has 0 radical (unpaired) electrons. The highest BCUT2D eigenvalue weighted by atomic mass is 16.1. The van der Waals surface area contributed by atoms with Gasteiger partial charge in [0.25, 0.3) is 0 Å². The predicted molar refractivity (Wildman–Crippen MR) is 76.2 cm³/mol. The minimum atomic E-state index is -0.0219. The molecule has 0 heterocycles. The van der Waals surface area contributed by atoms with Crippen LogP contribution < -0.4 is 11.1 Å². The van der Waals surface area contributed by atoms with Gasteiger partial charge in [-0.2, -0.15) is 0 Å². The molecule has 106 valence electrons. The number of nitrogens with two attached hydrogens (primary N) is 1. The molecule has 1 saturated carbocycles. The van der Waals surface area contributed by atoms with Crippen molar-refractivity contribution in [1.29, 1.82) is 0 Å². The number of carbonyl (C=O) groups excluding carboxylic acids is 1. The summed E-state index contributed by atoms with van der Waals surface area (Å²) in [4.78, 5) is 11.8. The SMILES string of the molecule is CCCC1(CNC(=O)CC(N)CC(C)(C)C)CC1. The lowest BCUT2D eigenvalue weighted by atomic mass is 9.87. The third kappa shape index (κ3) is 5.85. The number of hydrogen-bond donors (Lipinski definition) is 2. The van der Waals surface area contributed by atoms with Gasteiger partial charge in [-0.25, -0.2) is 0 Å². The first-order chi connectivity index (χ1) is 8.26. The van der Waals surface area contributed by atoms with Gasteiger partial charge < -0.3 is 11.1 Å². The third-order valence-electron chi connectivity index (χ3n) is 3.72. The van der Waals surface area contributed by atoms with Crippen LogP contribution in [0, 0.1) is 10.8 Å². The van der Waals surface area contributed by atoms with Crippen molar-refractivity contribution < 1.29 is 4.79 Å². The lowest BCUT2D eigenvalue weighted by molar-refractivity contribution is -0.121. The normalized spacial score (nSPS) is 19.4. The molecule has 0 saturated heterocycles. The zero-order valence-electron chi connectivity index (χ0n) is 12.5. The Morgan fingerprint density at radius 3 is 2.44 bits per heavy atom. The van der Waals surface area contributed by atoms with Crippen LogP contribution in [0.3, 0.4) is 0 Å². The first-order valence-corrected chi connectivity index (χ1v) is 7.29. The van der Waals surface area contributed by atoms with Crippen molar-refractivity contribution >= 4 is 5.91 Å². The highest BCUT2D eigenvalue weighted by Gasteiger charge is 2.41. The summed E-state index contributed by atoms with van der Waals surface area (Å²) in [6, 6.07) is -0.0219. The fourth-order valence-corrected chi connectivity index (χ4v) is 2.68. The second-order valence-electron chi connectivity index (χ2n) is 7.26. The van der Waals surface area contributed by atoms with Crippen LogP contribution in [-0.4, -0.2) is 18.5 Å². The van der Waals surface area contributed by atoms with Crippen molar-refractivity contribution in [3.8, 4) is 0 Å². The first kappa shape index (κ1) is 15.5. The van der Waals surface area contributed by atoms with Gasteiger partial charge in [0.05, 0.1) is 0 Å². The van der Waals surface area contributed by atoms with Crippen molar-refractivity contribution in [3.05, 3.63) is 0 Å². The molecule has 0 aromatic rings. The quantitative estimate of drug-likeness (QED) is 0.734. The van der Waals surface area contributed by atoms with Gasteiger partial charge in [-0.05, 0) is 36.5 Å². The zero-order chi connectivity index (χ0) is 13.8. The summed E-state index contributed by atoms with van der Waals surface area (Å²) in [5.41, 5.74) is 6.64. The summed E-state index contributed by atoms with van der Waals surface area (Å²) in [5.74, 6) is 0.120. The monoisotopic (exact) mass is 254 g/mol. The van der Waals surface area contributed by atoms with Gasteiger partial charge in [0.1, 0.15) is 0 Å². The molecular formula is C15H30N2O. The Hall–Kier alpha value is -0.570. The third-order valence-corrected chi connectivity index (χ3v) is 3.72. The van der Waals surface area contributed by atoms with E-state index >= 15 is 0 Å². The fourth-order valence-electron chi connectivity index (χ4n) is 2.68. The molecule has 1 aliphatic carbocycles. The smallest absolute Gasteiger partial charge is 0.221 e. The average Bonchev–Trinajstić information content (AvgIpc) is 2.93. The molecule has 3 N–H and O–H groups in total. The van der Waals surface area contributed by atoms with E-state index in [-0.39, 0.29) is 17.4 Å². The van der Waals surface area contributed by atoms with E-state index in [0.717, 1.165) is 13.0 Å². The Morgan fingerprint density at radius 2 is 2.00 bits per heavy atom. The van der Waals surface area contributed by atoms with Crippen LogP contribution in [0.5, 0.6) is 0 Å². The number of rotatable bonds is 7. The van der Waals surface area contributed by atoms with E-state index < -0.39 is 0 Å². The second-order valence-corrected chi connectivity index (χ2v) is 7.26. The van der Waals surface area contributed by atoms with E-state index in [1.807, 2.05) is 0 Å². The van der Waals surface area contributed by atoms with Gasteiger partial charge in [-0.15, -0.1) is 0 Å². The predicted octanol–water partition coefficient (Wildman–Crippen LogP) is 2.84. The Morgan fingerprint density at radius 1 is 1.39 bits per heavy atom. The van der Waals surface area contributed by atoms with Crippen LogP contribution in [0.15, 0.2) is 0 Å². The first-order valence-electron chi connectivity index (χ1n) is 7.29. The Kier molecular flexibility index (Phi) is 5.20. The fraction of sp³-hybridized carbons (Fsp3) is 0.933. The average molecular weight is 254 g/mol. The van der Waals surface area contributed by atoms with E-state index in [4.69, 9.17) is 5.73 Å².